The molecule has 1 unspecified atom stereocenters. The van der Waals surface area contributed by atoms with Crippen molar-refractivity contribution in [1.82, 2.24) is 10.2 Å². The summed E-state index contributed by atoms with van der Waals surface area (Å²) in [6.45, 7) is -0.319. The Morgan fingerprint density at radius 2 is 1.69 bits per heavy atom. The molecular weight excluding hydrogens is 432 g/mol. The molecule has 1 atom stereocenters. The predicted molar refractivity (Wildman–Crippen MR) is 106 cm³/mol. The van der Waals surface area contributed by atoms with Crippen LogP contribution in [0.4, 0.5) is 22.4 Å². The van der Waals surface area contributed by atoms with Crippen LogP contribution in [-0.4, -0.2) is 41.7 Å². The summed E-state index contributed by atoms with van der Waals surface area (Å²) in [7, 11) is 0. The fourth-order valence-electron chi connectivity index (χ4n) is 3.36. The number of halogens is 4. The van der Waals surface area contributed by atoms with Crippen LogP contribution in [0.3, 0.4) is 0 Å². The molecule has 0 spiro atoms. The van der Waals surface area contributed by atoms with Crippen LogP contribution in [0.2, 0.25) is 0 Å². The van der Waals surface area contributed by atoms with Crippen molar-refractivity contribution in [3.63, 3.8) is 0 Å². The summed E-state index contributed by atoms with van der Waals surface area (Å²) >= 11 is 0. The van der Waals surface area contributed by atoms with Crippen molar-refractivity contribution in [1.29, 1.82) is 0 Å². The van der Waals surface area contributed by atoms with Crippen LogP contribution in [0.5, 0.6) is 0 Å². The second kappa shape index (κ2) is 9.56. The predicted octanol–water partition coefficient (Wildman–Crippen LogP) is 3.58. The molecule has 1 saturated heterocycles. The number of carbonyl (C=O) groups is 2. The first-order valence-electron chi connectivity index (χ1n) is 9.95. The van der Waals surface area contributed by atoms with Gasteiger partial charge in [-0.2, -0.15) is 13.2 Å². The number of amides is 2. The maximum atomic E-state index is 14.0. The van der Waals surface area contributed by atoms with Crippen LogP contribution in [0, 0.1) is 5.82 Å². The molecule has 2 amide bonds. The molecule has 1 aliphatic heterocycles. The molecular formula is C22H22F4N2O4. The Labute approximate surface area is 181 Å². The van der Waals surface area contributed by atoms with E-state index in [-0.39, 0.29) is 5.56 Å². The van der Waals surface area contributed by atoms with Gasteiger partial charge in [0.2, 0.25) is 5.60 Å². The maximum Gasteiger partial charge on any atom is 0.416 e. The molecule has 2 aromatic carbocycles. The third-order valence-electron chi connectivity index (χ3n) is 5.21. The summed E-state index contributed by atoms with van der Waals surface area (Å²) in [5, 5.41) is 13.3. The molecule has 1 aliphatic rings. The zero-order chi connectivity index (χ0) is 23.4. The standard InChI is InChI=1S/C22H22F4N2O4/c23-18-9-8-17(22(24,25)26)12-15(18)13-27-19(29)21(31,16-6-2-1-3-7-16)14-32-20(30)28-10-4-5-11-28/h1-3,6-9,12,31H,4-5,10-11,13-14H2,(H,27,29). The second-order valence-corrected chi connectivity index (χ2v) is 7.46. The Morgan fingerprint density at radius 1 is 1.03 bits per heavy atom. The number of nitrogens with one attached hydrogen (secondary N) is 1. The third-order valence-corrected chi connectivity index (χ3v) is 5.21. The first-order valence-corrected chi connectivity index (χ1v) is 9.95. The lowest BCUT2D eigenvalue weighted by Crippen LogP contribution is -2.48. The van der Waals surface area contributed by atoms with E-state index in [0.29, 0.717) is 31.3 Å². The van der Waals surface area contributed by atoms with E-state index < -0.39 is 53.9 Å². The lowest BCUT2D eigenvalue weighted by Gasteiger charge is -2.28. The first-order chi connectivity index (χ1) is 15.1. The van der Waals surface area contributed by atoms with Crippen LogP contribution in [0.15, 0.2) is 48.5 Å². The molecule has 3 rings (SSSR count). The second-order valence-electron chi connectivity index (χ2n) is 7.46. The van der Waals surface area contributed by atoms with Crippen LogP contribution >= 0.6 is 0 Å². The van der Waals surface area contributed by atoms with Gasteiger partial charge in [-0.3, -0.25) is 4.79 Å². The Morgan fingerprint density at radius 3 is 2.31 bits per heavy atom. The number of nitrogens with zero attached hydrogens (tertiary/aromatic N) is 1. The summed E-state index contributed by atoms with van der Waals surface area (Å²) < 4.78 is 57.9. The Bertz CT molecular complexity index is 962. The molecule has 0 saturated carbocycles. The Hall–Kier alpha value is -3.14. The molecule has 2 N–H and O–H groups in total. The van der Waals surface area contributed by atoms with Gasteiger partial charge >= 0.3 is 12.3 Å². The topological polar surface area (TPSA) is 78.9 Å². The van der Waals surface area contributed by atoms with E-state index in [9.17, 15) is 32.3 Å². The number of ether oxygens (including phenoxy) is 1. The van der Waals surface area contributed by atoms with Gasteiger partial charge in [-0.25, -0.2) is 9.18 Å². The Kier molecular flexibility index (Phi) is 7.02. The minimum atomic E-state index is -4.68. The maximum absolute atomic E-state index is 14.0. The highest BCUT2D eigenvalue weighted by atomic mass is 19.4. The number of alkyl halides is 3. The zero-order valence-corrected chi connectivity index (χ0v) is 17.0. The van der Waals surface area contributed by atoms with Crippen molar-refractivity contribution >= 4 is 12.0 Å². The van der Waals surface area contributed by atoms with Gasteiger partial charge in [0, 0.05) is 25.2 Å². The summed E-state index contributed by atoms with van der Waals surface area (Å²) in [4.78, 5) is 26.5. The fourth-order valence-corrected chi connectivity index (χ4v) is 3.36. The van der Waals surface area contributed by atoms with Gasteiger partial charge in [-0.05, 0) is 36.6 Å². The highest BCUT2D eigenvalue weighted by molar-refractivity contribution is 5.86. The van der Waals surface area contributed by atoms with Crippen molar-refractivity contribution < 1.29 is 37.0 Å². The molecule has 0 radical (unpaired) electrons. The summed E-state index contributed by atoms with van der Waals surface area (Å²) in [6.07, 6.45) is -3.72. The highest BCUT2D eigenvalue weighted by Crippen LogP contribution is 2.30. The zero-order valence-electron chi connectivity index (χ0n) is 17.0. The lowest BCUT2D eigenvalue weighted by molar-refractivity contribution is -0.146. The molecule has 32 heavy (non-hydrogen) atoms. The van der Waals surface area contributed by atoms with E-state index in [2.05, 4.69) is 5.32 Å². The molecule has 6 nitrogen and oxygen atoms in total. The normalized spacial score (nSPS) is 15.8. The van der Waals surface area contributed by atoms with Crippen molar-refractivity contribution in [3.8, 4) is 0 Å². The number of hydrogen-bond donors (Lipinski definition) is 2. The molecule has 0 bridgehead atoms. The van der Waals surface area contributed by atoms with Crippen molar-refractivity contribution in [3.05, 3.63) is 71.0 Å². The summed E-state index contributed by atoms with van der Waals surface area (Å²) in [6, 6.07) is 9.48. The largest absolute Gasteiger partial charge is 0.445 e. The molecule has 2 aromatic rings. The number of carbonyl (C=O) groups excluding carboxylic acids is 2. The van der Waals surface area contributed by atoms with E-state index in [0.717, 1.165) is 12.8 Å². The van der Waals surface area contributed by atoms with Crippen LogP contribution < -0.4 is 5.32 Å². The molecule has 1 heterocycles. The van der Waals surface area contributed by atoms with Crippen molar-refractivity contribution in [2.24, 2.45) is 0 Å². The van der Waals surface area contributed by atoms with Gasteiger partial charge in [-0.1, -0.05) is 30.3 Å². The number of aliphatic hydroxyl groups is 1. The van der Waals surface area contributed by atoms with Gasteiger partial charge in [0.15, 0.2) is 0 Å². The molecule has 1 fully saturated rings. The van der Waals surface area contributed by atoms with Gasteiger partial charge in [0.05, 0.1) is 5.56 Å². The van der Waals surface area contributed by atoms with Gasteiger partial charge in [0.1, 0.15) is 12.4 Å². The molecule has 10 heteroatoms. The van der Waals surface area contributed by atoms with E-state index in [1.54, 1.807) is 18.2 Å². The number of rotatable bonds is 6. The average Bonchev–Trinajstić information content (AvgIpc) is 3.31. The molecule has 0 aliphatic carbocycles. The molecule has 0 aromatic heterocycles. The van der Waals surface area contributed by atoms with E-state index in [4.69, 9.17) is 4.74 Å². The van der Waals surface area contributed by atoms with Crippen molar-refractivity contribution in [2.75, 3.05) is 19.7 Å². The first kappa shape index (κ1) is 23.5. The Balaban J connectivity index is 1.76. The smallest absolute Gasteiger partial charge is 0.416 e. The van der Waals surface area contributed by atoms with Crippen LogP contribution in [-0.2, 0) is 27.9 Å². The van der Waals surface area contributed by atoms with Crippen LogP contribution in [0.1, 0.15) is 29.5 Å². The van der Waals surface area contributed by atoms with E-state index in [1.807, 2.05) is 0 Å². The number of likely N-dealkylation sites (tertiary alicyclic amines) is 1. The minimum Gasteiger partial charge on any atom is -0.445 e. The van der Waals surface area contributed by atoms with Gasteiger partial charge in [0.25, 0.3) is 5.91 Å². The third kappa shape index (κ3) is 5.37. The fraction of sp³-hybridized carbons (Fsp3) is 0.364. The quantitative estimate of drug-likeness (QED) is 0.654. The molecule has 172 valence electrons. The number of hydrogen-bond acceptors (Lipinski definition) is 4. The van der Waals surface area contributed by atoms with E-state index in [1.165, 1.54) is 17.0 Å². The average molecular weight is 454 g/mol. The monoisotopic (exact) mass is 454 g/mol. The van der Waals surface area contributed by atoms with Crippen molar-refractivity contribution in [2.45, 2.75) is 31.2 Å². The minimum absolute atomic E-state index is 0.108. The highest BCUT2D eigenvalue weighted by Gasteiger charge is 2.40. The van der Waals surface area contributed by atoms with Crippen LogP contribution in [0.25, 0.3) is 0 Å². The summed E-state index contributed by atoms with van der Waals surface area (Å²) in [5.41, 5.74) is -3.69. The van der Waals surface area contributed by atoms with E-state index >= 15 is 0 Å². The summed E-state index contributed by atoms with van der Waals surface area (Å²) in [5.74, 6) is -1.99. The number of benzene rings is 2. The van der Waals surface area contributed by atoms with Gasteiger partial charge in [-0.15, -0.1) is 0 Å². The van der Waals surface area contributed by atoms with Gasteiger partial charge < -0.3 is 20.1 Å². The lowest BCUT2D eigenvalue weighted by atomic mass is 9.93. The SMILES string of the molecule is O=C(OCC(O)(C(=O)NCc1cc(C(F)(F)F)ccc1F)c1ccccc1)N1CCCC1.